The number of carboxylic acids is 1. The number of halogens is 1. The van der Waals surface area contributed by atoms with E-state index in [0.717, 1.165) is 78.5 Å². The van der Waals surface area contributed by atoms with Crippen molar-refractivity contribution in [1.29, 1.82) is 0 Å². The van der Waals surface area contributed by atoms with Gasteiger partial charge in [-0.3, -0.25) is 34.2 Å². The topological polar surface area (TPSA) is 142 Å². The molecule has 0 bridgehead atoms. The van der Waals surface area contributed by atoms with Crippen LogP contribution in [-0.2, 0) is 32.1 Å². The van der Waals surface area contributed by atoms with Gasteiger partial charge in [0, 0.05) is 70.6 Å². The summed E-state index contributed by atoms with van der Waals surface area (Å²) in [7, 11) is 0. The zero-order valence-electron chi connectivity index (χ0n) is 32.4. The highest BCUT2D eigenvalue weighted by molar-refractivity contribution is 7.22. The van der Waals surface area contributed by atoms with Crippen molar-refractivity contribution in [3.05, 3.63) is 71.8 Å². The zero-order valence-corrected chi connectivity index (χ0v) is 33.2. The minimum atomic E-state index is -0.948. The van der Waals surface area contributed by atoms with E-state index in [1.54, 1.807) is 59.0 Å². The molecule has 0 spiro atoms. The van der Waals surface area contributed by atoms with Crippen molar-refractivity contribution < 1.29 is 38.5 Å². The lowest BCUT2D eigenvalue weighted by molar-refractivity contribution is -0.160. The normalized spacial score (nSPS) is 15.7. The van der Waals surface area contributed by atoms with Gasteiger partial charge in [0.25, 0.3) is 0 Å². The Morgan fingerprint density at radius 1 is 0.964 bits per heavy atom. The van der Waals surface area contributed by atoms with Gasteiger partial charge in [0.15, 0.2) is 11.6 Å². The molecular formula is C42H53FN4O7S. The van der Waals surface area contributed by atoms with Gasteiger partial charge in [0.2, 0.25) is 0 Å². The Labute approximate surface area is 326 Å². The minimum Gasteiger partial charge on any atom is -0.481 e. The maximum Gasteiger partial charge on any atom is 0.307 e. The highest BCUT2D eigenvalue weighted by Gasteiger charge is 2.28. The van der Waals surface area contributed by atoms with Crippen LogP contribution in [0.4, 0.5) is 4.39 Å². The van der Waals surface area contributed by atoms with Gasteiger partial charge in [-0.1, -0.05) is 26.0 Å². The molecule has 1 saturated heterocycles. The van der Waals surface area contributed by atoms with Crippen molar-refractivity contribution in [3.8, 4) is 22.1 Å². The molecule has 0 unspecified atom stereocenters. The summed E-state index contributed by atoms with van der Waals surface area (Å²) in [6.07, 6.45) is 6.63. The van der Waals surface area contributed by atoms with Gasteiger partial charge in [-0.15, -0.1) is 11.3 Å². The number of carbonyl (C=O) groups is 3. The van der Waals surface area contributed by atoms with Gasteiger partial charge in [-0.2, -0.15) is 0 Å². The number of piperazine rings is 1. The third-order valence-corrected chi connectivity index (χ3v) is 10.7. The number of benzene rings is 1. The maximum absolute atomic E-state index is 14.9. The Kier molecular flexibility index (Phi) is 14.5. The molecule has 0 amide bonds. The lowest BCUT2D eigenvalue weighted by Crippen LogP contribution is -2.46. The van der Waals surface area contributed by atoms with Gasteiger partial charge in [0.05, 0.1) is 39.7 Å². The second-order valence-corrected chi connectivity index (χ2v) is 16.8. The molecule has 1 aliphatic heterocycles. The van der Waals surface area contributed by atoms with E-state index in [1.807, 2.05) is 18.3 Å². The maximum atomic E-state index is 14.9. The quantitative estimate of drug-likeness (QED) is 0.117. The van der Waals surface area contributed by atoms with E-state index in [-0.39, 0.29) is 36.9 Å². The second kappa shape index (κ2) is 19.0. The number of fused-ring (bicyclic) bond motifs is 1. The molecule has 1 aromatic carbocycles. The molecule has 11 nitrogen and oxygen atoms in total. The molecule has 2 N–H and O–H groups in total. The van der Waals surface area contributed by atoms with E-state index in [2.05, 4.69) is 20.9 Å². The van der Waals surface area contributed by atoms with Crippen molar-refractivity contribution in [2.75, 3.05) is 39.3 Å². The molecule has 1 atom stereocenters. The Morgan fingerprint density at radius 2 is 1.67 bits per heavy atom. The molecular weight excluding hydrogens is 724 g/mol. The lowest BCUT2D eigenvalue weighted by atomic mass is 9.93. The number of hydrogen-bond donors (Lipinski definition) is 2. The van der Waals surface area contributed by atoms with Crippen LogP contribution in [0.25, 0.3) is 20.8 Å². The molecule has 55 heavy (non-hydrogen) atoms. The molecule has 2 aliphatic rings. The highest BCUT2D eigenvalue weighted by Crippen LogP contribution is 2.39. The molecule has 13 heteroatoms. The van der Waals surface area contributed by atoms with E-state index in [4.69, 9.17) is 24.7 Å². The summed E-state index contributed by atoms with van der Waals surface area (Å²) in [6.45, 7) is 14.5. The fourth-order valence-electron chi connectivity index (χ4n) is 6.33. The van der Waals surface area contributed by atoms with Crippen LogP contribution < -0.4 is 4.74 Å². The number of hydrogen-bond acceptors (Lipinski definition) is 11. The summed E-state index contributed by atoms with van der Waals surface area (Å²) in [4.78, 5) is 49.3. The third kappa shape index (κ3) is 12.9. The van der Waals surface area contributed by atoms with Crippen LogP contribution in [0.1, 0.15) is 71.4 Å². The van der Waals surface area contributed by atoms with Crippen LogP contribution in [0.3, 0.4) is 0 Å². The Morgan fingerprint density at radius 3 is 2.27 bits per heavy atom. The van der Waals surface area contributed by atoms with Gasteiger partial charge < -0.3 is 19.7 Å². The SMILES string of the molecule is CC(C)[C@H](CC(=O)OC(C)(C)C)C(=O)O.O=C(Cc1ccc(Oc2ccnc3cc(-c4ccc(CN5CCN(CCO)CC5)cn4)sc23)c(F)c1)CC1CC1. The highest BCUT2D eigenvalue weighted by atomic mass is 32.1. The van der Waals surface area contributed by atoms with E-state index in [9.17, 15) is 18.8 Å². The van der Waals surface area contributed by atoms with Gasteiger partial charge in [-0.25, -0.2) is 4.39 Å². The fourth-order valence-corrected chi connectivity index (χ4v) is 7.37. The van der Waals surface area contributed by atoms with Crippen molar-refractivity contribution in [2.24, 2.45) is 17.8 Å². The van der Waals surface area contributed by atoms with Crippen LogP contribution in [-0.4, -0.2) is 92.6 Å². The van der Waals surface area contributed by atoms with E-state index >= 15 is 0 Å². The number of carbonyl (C=O) groups excluding carboxylic acids is 2. The van der Waals surface area contributed by atoms with E-state index in [1.165, 1.54) is 17.4 Å². The standard InChI is InChI=1S/C31H33FN4O3S.C11H20O4/c32-25-17-22(16-24(38)15-21-1-2-21)4-6-28(25)39-29-7-8-33-27-18-30(40-31(27)29)26-5-3-23(19-34-26)20-36-11-9-35(10-12-36)13-14-37;1-7(2)8(10(13)14)6-9(12)15-11(3,4)5/h3-8,17-19,21,37H,1-2,9-16,20H2;7-8H,6H2,1-5H3,(H,13,14)/t;8-/m.0/s1. The molecule has 4 aromatic rings. The van der Waals surface area contributed by atoms with Crippen LogP contribution in [0, 0.1) is 23.6 Å². The Balaban J connectivity index is 0.000000329. The predicted octanol–water partition coefficient (Wildman–Crippen LogP) is 7.39. The third-order valence-electron chi connectivity index (χ3n) is 9.50. The first-order valence-electron chi connectivity index (χ1n) is 19.0. The molecule has 6 rings (SSSR count). The van der Waals surface area contributed by atoms with Gasteiger partial charge in [-0.05, 0) is 80.8 Å². The molecule has 2 fully saturated rings. The number of ether oxygens (including phenoxy) is 2. The molecule has 0 radical (unpaired) electrons. The number of thiophene rings is 1. The van der Waals surface area contributed by atoms with Crippen molar-refractivity contribution >= 4 is 39.3 Å². The average molecular weight is 777 g/mol. The second-order valence-electron chi connectivity index (χ2n) is 15.7. The number of aliphatic hydroxyl groups is 1. The van der Waals surface area contributed by atoms with Crippen molar-refractivity contribution in [1.82, 2.24) is 19.8 Å². The molecule has 3 aromatic heterocycles. The monoisotopic (exact) mass is 776 g/mol. The number of β-amino-alcohol motifs (C(OH)–C–C–N with tert-alkyl or cyclic N) is 1. The summed E-state index contributed by atoms with van der Waals surface area (Å²) in [5, 5.41) is 18.0. The van der Waals surface area contributed by atoms with Crippen molar-refractivity contribution in [3.63, 3.8) is 0 Å². The van der Waals surface area contributed by atoms with Crippen LogP contribution in [0.15, 0.2) is 54.9 Å². The number of esters is 1. The van der Waals surface area contributed by atoms with Crippen molar-refractivity contribution in [2.45, 2.75) is 78.9 Å². The summed E-state index contributed by atoms with van der Waals surface area (Å²) >= 11 is 1.52. The van der Waals surface area contributed by atoms with Crippen LogP contribution in [0.2, 0.25) is 0 Å². The number of carboxylic acid groups (broad SMARTS) is 1. The molecule has 4 heterocycles. The first kappa shape index (κ1) is 41.9. The summed E-state index contributed by atoms with van der Waals surface area (Å²) < 4.78 is 26.8. The number of ketones is 1. The molecule has 1 aliphatic carbocycles. The van der Waals surface area contributed by atoms with Gasteiger partial charge in [0.1, 0.15) is 17.1 Å². The number of nitrogens with zero attached hydrogens (tertiary/aromatic N) is 4. The van der Waals surface area contributed by atoms with Crippen LogP contribution >= 0.6 is 11.3 Å². The lowest BCUT2D eigenvalue weighted by Gasteiger charge is -2.34. The number of aliphatic hydroxyl groups excluding tert-OH is 1. The summed E-state index contributed by atoms with van der Waals surface area (Å²) in [5.41, 5.74) is 2.91. The van der Waals surface area contributed by atoms with Crippen LogP contribution in [0.5, 0.6) is 11.5 Å². The molecule has 1 saturated carbocycles. The largest absolute Gasteiger partial charge is 0.481 e. The smallest absolute Gasteiger partial charge is 0.307 e. The fraction of sp³-hybridized carbons (Fsp3) is 0.500. The van der Waals surface area contributed by atoms with E-state index in [0.29, 0.717) is 23.7 Å². The zero-order chi connectivity index (χ0) is 39.7. The number of pyridine rings is 2. The summed E-state index contributed by atoms with van der Waals surface area (Å²) in [5.74, 6) is -1.27. The number of aromatic nitrogens is 2. The van der Waals surface area contributed by atoms with E-state index < -0.39 is 29.3 Å². The number of Topliss-reactive ketones (excluding diaryl/α,β-unsaturated/α-hetero) is 1. The Hall–Kier alpha value is -4.30. The van der Waals surface area contributed by atoms with Gasteiger partial charge >= 0.3 is 11.9 Å². The number of aliphatic carboxylic acids is 1. The first-order chi connectivity index (χ1) is 26.2. The minimum absolute atomic E-state index is 0.0652. The summed E-state index contributed by atoms with van der Waals surface area (Å²) in [6, 6.07) is 12.6. The first-order valence-corrected chi connectivity index (χ1v) is 19.8. The average Bonchev–Trinajstić information content (AvgIpc) is 3.82. The Bertz CT molecular complexity index is 1920. The predicted molar refractivity (Wildman–Crippen MR) is 211 cm³/mol. The molecule has 296 valence electrons. The number of rotatable bonds is 15.